The predicted molar refractivity (Wildman–Crippen MR) is 51.1 cm³/mol. The lowest BCUT2D eigenvalue weighted by Gasteiger charge is -2.11. The van der Waals surface area contributed by atoms with Crippen LogP contribution in [0.15, 0.2) is 37.1 Å². The molecule has 0 unspecified atom stereocenters. The summed E-state index contributed by atoms with van der Waals surface area (Å²) in [5, 5.41) is 0. The fraction of sp³-hybridized carbons (Fsp3) is 0.100. The lowest BCUT2D eigenvalue weighted by molar-refractivity contribution is 0.188. The van der Waals surface area contributed by atoms with Crippen molar-refractivity contribution >= 4 is 11.8 Å². The first-order chi connectivity index (χ1) is 6.83. The molecule has 1 aliphatic rings. The van der Waals surface area contributed by atoms with Crippen molar-refractivity contribution in [3.05, 3.63) is 37.1 Å². The van der Waals surface area contributed by atoms with E-state index in [0.717, 1.165) is 11.9 Å². The van der Waals surface area contributed by atoms with Gasteiger partial charge in [-0.15, -0.1) is 0 Å². The van der Waals surface area contributed by atoms with Crippen molar-refractivity contribution in [3.63, 3.8) is 0 Å². The number of hydrogen-bond acceptors (Lipinski definition) is 3. The predicted octanol–water partition coefficient (Wildman–Crippen LogP) is 2.12. The summed E-state index contributed by atoms with van der Waals surface area (Å²) in [4.78, 5) is 12.8. The van der Waals surface area contributed by atoms with Crippen molar-refractivity contribution in [3.8, 4) is 5.75 Å². The van der Waals surface area contributed by atoms with E-state index in [1.807, 2.05) is 12.1 Å². The van der Waals surface area contributed by atoms with E-state index < -0.39 is 6.09 Å². The molecule has 0 atom stereocenters. The summed E-state index contributed by atoms with van der Waals surface area (Å²) >= 11 is 0. The van der Waals surface area contributed by atoms with Gasteiger partial charge in [0.15, 0.2) is 6.73 Å². The first kappa shape index (κ1) is 8.62. The summed E-state index contributed by atoms with van der Waals surface area (Å²) in [6, 6.07) is 7.28. The second-order valence-corrected chi connectivity index (χ2v) is 2.72. The standard InChI is InChI=1S/C10H9NO3/c1-2-13-10(12)11-7-14-9-6-4-3-5-8(9)11/h2-6H,1,7H2. The second kappa shape index (κ2) is 3.41. The Morgan fingerprint density at radius 3 is 3.14 bits per heavy atom. The zero-order chi connectivity index (χ0) is 9.97. The van der Waals surface area contributed by atoms with Gasteiger partial charge in [0.05, 0.1) is 11.9 Å². The molecule has 0 spiro atoms. The number of benzene rings is 1. The third-order valence-electron chi connectivity index (χ3n) is 1.91. The van der Waals surface area contributed by atoms with Crippen LogP contribution in [0.3, 0.4) is 0 Å². The van der Waals surface area contributed by atoms with Gasteiger partial charge >= 0.3 is 6.09 Å². The van der Waals surface area contributed by atoms with Crippen LogP contribution >= 0.6 is 0 Å². The van der Waals surface area contributed by atoms with Gasteiger partial charge < -0.3 is 9.47 Å². The number of rotatable bonds is 1. The molecule has 2 rings (SSSR count). The van der Waals surface area contributed by atoms with Crippen LogP contribution in [0.1, 0.15) is 0 Å². The molecule has 1 aromatic rings. The maximum atomic E-state index is 11.4. The Hall–Kier alpha value is -1.97. The first-order valence-electron chi connectivity index (χ1n) is 4.14. The highest BCUT2D eigenvalue weighted by atomic mass is 16.6. The Morgan fingerprint density at radius 2 is 2.36 bits per heavy atom. The smallest absolute Gasteiger partial charge is 0.422 e. The number of carbonyl (C=O) groups excluding carboxylic acids is 1. The molecule has 14 heavy (non-hydrogen) atoms. The largest absolute Gasteiger partial charge is 0.470 e. The van der Waals surface area contributed by atoms with E-state index in [9.17, 15) is 4.79 Å². The fourth-order valence-corrected chi connectivity index (χ4v) is 1.29. The van der Waals surface area contributed by atoms with Gasteiger partial charge in [0.25, 0.3) is 0 Å². The van der Waals surface area contributed by atoms with Crippen LogP contribution in [-0.2, 0) is 4.74 Å². The molecule has 0 saturated heterocycles. The van der Waals surface area contributed by atoms with Crippen molar-refractivity contribution in [1.82, 2.24) is 0 Å². The number of ether oxygens (including phenoxy) is 2. The molecule has 0 radical (unpaired) electrons. The van der Waals surface area contributed by atoms with E-state index in [1.165, 1.54) is 4.90 Å². The number of hydrogen-bond donors (Lipinski definition) is 0. The Labute approximate surface area is 81.3 Å². The summed E-state index contributed by atoms with van der Waals surface area (Å²) in [7, 11) is 0. The summed E-state index contributed by atoms with van der Waals surface area (Å²) in [6.45, 7) is 3.50. The molecule has 0 saturated carbocycles. The molecule has 1 aliphatic heterocycles. The lowest BCUT2D eigenvalue weighted by Crippen LogP contribution is -2.29. The minimum Gasteiger partial charge on any atom is -0.470 e. The summed E-state index contributed by atoms with van der Waals surface area (Å²) < 4.78 is 9.92. The SMILES string of the molecule is C=COC(=O)N1COc2ccccc21. The number of fused-ring (bicyclic) bond motifs is 1. The van der Waals surface area contributed by atoms with Crippen LogP contribution in [-0.4, -0.2) is 12.8 Å². The van der Waals surface area contributed by atoms with Gasteiger partial charge in [0.1, 0.15) is 5.75 Å². The quantitative estimate of drug-likeness (QED) is 0.638. The maximum absolute atomic E-state index is 11.4. The van der Waals surface area contributed by atoms with Crippen molar-refractivity contribution in [2.45, 2.75) is 0 Å². The van der Waals surface area contributed by atoms with Crippen LogP contribution < -0.4 is 9.64 Å². The summed E-state index contributed by atoms with van der Waals surface area (Å²) in [5.74, 6) is 0.688. The first-order valence-corrected chi connectivity index (χ1v) is 4.14. The molecule has 4 nitrogen and oxygen atoms in total. The Bertz CT molecular complexity index is 375. The molecule has 0 fully saturated rings. The van der Waals surface area contributed by atoms with Gasteiger partial charge in [-0.25, -0.2) is 9.69 Å². The zero-order valence-electron chi connectivity index (χ0n) is 7.47. The third-order valence-corrected chi connectivity index (χ3v) is 1.91. The molecule has 72 valence electrons. The molecular formula is C10H9NO3. The van der Waals surface area contributed by atoms with Gasteiger partial charge in [-0.2, -0.15) is 0 Å². The topological polar surface area (TPSA) is 38.8 Å². The summed E-state index contributed by atoms with van der Waals surface area (Å²) in [5.41, 5.74) is 0.722. The third kappa shape index (κ3) is 1.31. The molecule has 0 bridgehead atoms. The number of para-hydroxylation sites is 2. The molecule has 1 aromatic carbocycles. The van der Waals surface area contributed by atoms with Crippen LogP contribution in [0.5, 0.6) is 5.75 Å². The molecule has 0 aliphatic carbocycles. The lowest BCUT2D eigenvalue weighted by atomic mass is 10.3. The van der Waals surface area contributed by atoms with Crippen LogP contribution in [0.2, 0.25) is 0 Å². The minimum absolute atomic E-state index is 0.187. The molecule has 4 heteroatoms. The van der Waals surface area contributed by atoms with E-state index in [2.05, 4.69) is 11.3 Å². The van der Waals surface area contributed by atoms with Crippen LogP contribution in [0.4, 0.5) is 10.5 Å². The maximum Gasteiger partial charge on any atom is 0.422 e. The molecule has 1 heterocycles. The zero-order valence-corrected chi connectivity index (χ0v) is 7.47. The number of amides is 1. The van der Waals surface area contributed by atoms with Crippen LogP contribution in [0.25, 0.3) is 0 Å². The van der Waals surface area contributed by atoms with Gasteiger partial charge in [-0.1, -0.05) is 18.7 Å². The average molecular weight is 191 g/mol. The number of nitrogens with zero attached hydrogens (tertiary/aromatic N) is 1. The highest BCUT2D eigenvalue weighted by Crippen LogP contribution is 2.33. The second-order valence-electron chi connectivity index (χ2n) is 2.72. The van der Waals surface area contributed by atoms with E-state index >= 15 is 0 Å². The van der Waals surface area contributed by atoms with Gasteiger partial charge in [0.2, 0.25) is 0 Å². The van der Waals surface area contributed by atoms with Crippen LogP contribution in [0, 0.1) is 0 Å². The van der Waals surface area contributed by atoms with Gasteiger partial charge in [0, 0.05) is 0 Å². The van der Waals surface area contributed by atoms with E-state index in [1.54, 1.807) is 12.1 Å². The van der Waals surface area contributed by atoms with E-state index in [-0.39, 0.29) is 6.73 Å². The Morgan fingerprint density at radius 1 is 1.57 bits per heavy atom. The van der Waals surface area contributed by atoms with Crippen molar-refractivity contribution < 1.29 is 14.3 Å². The highest BCUT2D eigenvalue weighted by molar-refractivity contribution is 5.90. The summed E-state index contributed by atoms with van der Waals surface area (Å²) in [6.07, 6.45) is 0.619. The van der Waals surface area contributed by atoms with Crippen molar-refractivity contribution in [2.24, 2.45) is 0 Å². The highest BCUT2D eigenvalue weighted by Gasteiger charge is 2.26. The number of carbonyl (C=O) groups is 1. The van der Waals surface area contributed by atoms with Gasteiger partial charge in [-0.05, 0) is 12.1 Å². The normalized spacial score (nSPS) is 13.0. The van der Waals surface area contributed by atoms with Crippen molar-refractivity contribution in [1.29, 1.82) is 0 Å². The Kier molecular flexibility index (Phi) is 2.10. The monoisotopic (exact) mass is 191 g/mol. The van der Waals surface area contributed by atoms with E-state index in [0.29, 0.717) is 5.75 Å². The molecule has 0 N–H and O–H groups in total. The van der Waals surface area contributed by atoms with Crippen molar-refractivity contribution in [2.75, 3.05) is 11.6 Å². The van der Waals surface area contributed by atoms with E-state index in [4.69, 9.17) is 4.74 Å². The molecule has 0 aromatic heterocycles. The number of anilines is 1. The fourth-order valence-electron chi connectivity index (χ4n) is 1.29. The molecular weight excluding hydrogens is 182 g/mol. The van der Waals surface area contributed by atoms with Gasteiger partial charge in [-0.3, -0.25) is 0 Å². The Balaban J connectivity index is 2.25. The minimum atomic E-state index is -0.482. The molecule has 1 amide bonds. The average Bonchev–Trinajstić information content (AvgIpc) is 2.61.